The maximum Gasteiger partial charge on any atom is 0.337 e. The van der Waals surface area contributed by atoms with Crippen LogP contribution in [-0.4, -0.2) is 38.6 Å². The lowest BCUT2D eigenvalue weighted by Crippen LogP contribution is -2.00. The molecule has 2 rings (SSSR count). The molecule has 0 aliphatic heterocycles. The molecule has 0 saturated heterocycles. The fourth-order valence-corrected chi connectivity index (χ4v) is 1.85. The van der Waals surface area contributed by atoms with Crippen LogP contribution in [0.2, 0.25) is 0 Å². The van der Waals surface area contributed by atoms with E-state index in [1.165, 1.54) is 14.2 Å². The van der Waals surface area contributed by atoms with Crippen molar-refractivity contribution in [1.82, 2.24) is 0 Å². The highest BCUT2D eigenvalue weighted by Crippen LogP contribution is 2.05. The van der Waals surface area contributed by atoms with Gasteiger partial charge in [0.15, 0.2) is 0 Å². The molecule has 0 heterocycles. The van der Waals surface area contributed by atoms with Gasteiger partial charge in [-0.2, -0.15) is 10.2 Å². The Morgan fingerprint density at radius 2 is 1.04 bits per heavy atom. The first kappa shape index (κ1) is 17.1. The average molecular weight is 324 g/mol. The van der Waals surface area contributed by atoms with Gasteiger partial charge in [-0.05, 0) is 35.4 Å². The molecule has 0 saturated carbocycles. The Labute approximate surface area is 139 Å². The number of hydrogen-bond donors (Lipinski definition) is 0. The predicted molar refractivity (Wildman–Crippen MR) is 90.8 cm³/mol. The van der Waals surface area contributed by atoms with Crippen LogP contribution in [0.3, 0.4) is 0 Å². The molecule has 0 spiro atoms. The van der Waals surface area contributed by atoms with Crippen molar-refractivity contribution in [2.45, 2.75) is 0 Å². The molecular weight excluding hydrogens is 308 g/mol. The molecule has 0 N–H and O–H groups in total. The minimum Gasteiger partial charge on any atom is -0.465 e. The second kappa shape index (κ2) is 8.38. The molecule has 122 valence electrons. The molecule has 0 bridgehead atoms. The number of carbonyl (C=O) groups is 2. The molecule has 0 atom stereocenters. The largest absolute Gasteiger partial charge is 0.465 e. The maximum atomic E-state index is 11.3. The Hall–Kier alpha value is -3.28. The third kappa shape index (κ3) is 4.61. The smallest absolute Gasteiger partial charge is 0.337 e. The van der Waals surface area contributed by atoms with E-state index in [4.69, 9.17) is 0 Å². The molecule has 0 aliphatic rings. The topological polar surface area (TPSA) is 77.3 Å². The number of esters is 2. The van der Waals surface area contributed by atoms with Gasteiger partial charge in [0.2, 0.25) is 0 Å². The predicted octanol–water partition coefficient (Wildman–Crippen LogP) is 2.71. The van der Waals surface area contributed by atoms with E-state index in [0.29, 0.717) is 11.1 Å². The number of ether oxygens (including phenoxy) is 2. The fraction of sp³-hybridized carbons (Fsp3) is 0.111. The highest BCUT2D eigenvalue weighted by atomic mass is 16.5. The van der Waals surface area contributed by atoms with Crippen LogP contribution in [0.25, 0.3) is 0 Å². The first-order chi connectivity index (χ1) is 11.6. The van der Waals surface area contributed by atoms with Crippen molar-refractivity contribution in [3.63, 3.8) is 0 Å². The van der Waals surface area contributed by atoms with Crippen LogP contribution >= 0.6 is 0 Å². The van der Waals surface area contributed by atoms with Gasteiger partial charge < -0.3 is 9.47 Å². The summed E-state index contributed by atoms with van der Waals surface area (Å²) in [4.78, 5) is 22.6. The van der Waals surface area contributed by atoms with E-state index in [0.717, 1.165) is 11.1 Å². The van der Waals surface area contributed by atoms with Gasteiger partial charge in [-0.1, -0.05) is 24.3 Å². The number of rotatable bonds is 5. The number of benzene rings is 2. The van der Waals surface area contributed by atoms with Crippen LogP contribution in [0.15, 0.2) is 58.7 Å². The van der Waals surface area contributed by atoms with E-state index in [2.05, 4.69) is 19.7 Å². The molecule has 2 aromatic rings. The average Bonchev–Trinajstić information content (AvgIpc) is 2.65. The van der Waals surface area contributed by atoms with Gasteiger partial charge in [0.05, 0.1) is 37.8 Å². The van der Waals surface area contributed by atoms with Gasteiger partial charge in [0.25, 0.3) is 0 Å². The summed E-state index contributed by atoms with van der Waals surface area (Å²) in [5.74, 6) is -0.765. The molecule has 2 aromatic carbocycles. The van der Waals surface area contributed by atoms with Gasteiger partial charge >= 0.3 is 11.9 Å². The van der Waals surface area contributed by atoms with Crippen LogP contribution in [0.4, 0.5) is 0 Å². The Bertz CT molecular complexity index is 695. The first-order valence-corrected chi connectivity index (χ1v) is 7.07. The molecule has 0 aromatic heterocycles. The van der Waals surface area contributed by atoms with Crippen LogP contribution in [0.1, 0.15) is 31.8 Å². The first-order valence-electron chi connectivity index (χ1n) is 7.07. The summed E-state index contributed by atoms with van der Waals surface area (Å²) in [6.07, 6.45) is 3.14. The van der Waals surface area contributed by atoms with E-state index in [1.54, 1.807) is 61.0 Å². The number of hydrogen-bond acceptors (Lipinski definition) is 6. The van der Waals surface area contributed by atoms with E-state index in [-0.39, 0.29) is 11.9 Å². The lowest BCUT2D eigenvalue weighted by atomic mass is 10.1. The van der Waals surface area contributed by atoms with Crippen molar-refractivity contribution in [3.05, 3.63) is 70.8 Å². The summed E-state index contributed by atoms with van der Waals surface area (Å²) in [5, 5.41) is 7.88. The third-order valence-electron chi connectivity index (χ3n) is 3.14. The van der Waals surface area contributed by atoms with Crippen LogP contribution in [0, 0.1) is 0 Å². The van der Waals surface area contributed by atoms with E-state index < -0.39 is 0 Å². The number of carbonyl (C=O) groups excluding carboxylic acids is 2. The second-order valence-corrected chi connectivity index (χ2v) is 4.72. The summed E-state index contributed by atoms with van der Waals surface area (Å²) in [5.41, 5.74) is 2.56. The van der Waals surface area contributed by atoms with E-state index >= 15 is 0 Å². The normalized spacial score (nSPS) is 10.9. The molecule has 0 fully saturated rings. The van der Waals surface area contributed by atoms with Gasteiger partial charge in [-0.15, -0.1) is 0 Å². The summed E-state index contributed by atoms with van der Waals surface area (Å²) in [6.45, 7) is 0. The molecule has 0 aliphatic carbocycles. The van der Waals surface area contributed by atoms with Crippen LogP contribution < -0.4 is 0 Å². The van der Waals surface area contributed by atoms with Crippen molar-refractivity contribution >= 4 is 24.4 Å². The van der Waals surface area contributed by atoms with Crippen LogP contribution in [-0.2, 0) is 9.47 Å². The summed E-state index contributed by atoms with van der Waals surface area (Å²) in [6, 6.07) is 13.6. The molecule has 6 nitrogen and oxygen atoms in total. The summed E-state index contributed by atoms with van der Waals surface area (Å²) < 4.78 is 9.26. The highest BCUT2D eigenvalue weighted by molar-refractivity contribution is 5.91. The highest BCUT2D eigenvalue weighted by Gasteiger charge is 2.04. The minimum absolute atomic E-state index is 0.382. The van der Waals surface area contributed by atoms with E-state index in [1.807, 2.05) is 0 Å². The van der Waals surface area contributed by atoms with Gasteiger partial charge in [0.1, 0.15) is 0 Å². The fourth-order valence-electron chi connectivity index (χ4n) is 1.85. The molecular formula is C18H16N2O4. The van der Waals surface area contributed by atoms with Crippen molar-refractivity contribution in [3.8, 4) is 0 Å². The van der Waals surface area contributed by atoms with Crippen molar-refractivity contribution in [2.75, 3.05) is 14.2 Å². The van der Waals surface area contributed by atoms with Gasteiger partial charge in [0, 0.05) is 0 Å². The number of nitrogens with zero attached hydrogens (tertiary/aromatic N) is 2. The Balaban J connectivity index is 1.96. The molecule has 0 amide bonds. The lowest BCUT2D eigenvalue weighted by molar-refractivity contribution is 0.0592. The zero-order chi connectivity index (χ0) is 17.4. The Kier molecular flexibility index (Phi) is 5.96. The Morgan fingerprint density at radius 1 is 0.708 bits per heavy atom. The summed E-state index contributed by atoms with van der Waals surface area (Å²) in [7, 11) is 2.67. The van der Waals surface area contributed by atoms with Gasteiger partial charge in [-0.3, -0.25) is 0 Å². The quantitative estimate of drug-likeness (QED) is 0.481. The monoisotopic (exact) mass is 324 g/mol. The minimum atomic E-state index is -0.382. The standard InChI is InChI=1S/C18H16N2O4/c1-23-17(21)15-7-3-13(4-8-15)11-19-20-12-14-5-9-16(10-6-14)18(22)24-2/h3-12H,1-2H3/b19-11-,20-12-. The van der Waals surface area contributed by atoms with Crippen LogP contribution in [0.5, 0.6) is 0 Å². The van der Waals surface area contributed by atoms with Crippen molar-refractivity contribution in [1.29, 1.82) is 0 Å². The van der Waals surface area contributed by atoms with E-state index in [9.17, 15) is 9.59 Å². The van der Waals surface area contributed by atoms with Gasteiger partial charge in [-0.25, -0.2) is 9.59 Å². The molecule has 24 heavy (non-hydrogen) atoms. The zero-order valence-electron chi connectivity index (χ0n) is 13.3. The molecule has 0 radical (unpaired) electrons. The lowest BCUT2D eigenvalue weighted by Gasteiger charge is -1.99. The Morgan fingerprint density at radius 3 is 1.33 bits per heavy atom. The molecule has 0 unspecified atom stereocenters. The maximum absolute atomic E-state index is 11.3. The van der Waals surface area contributed by atoms with Crippen molar-refractivity contribution in [2.24, 2.45) is 10.2 Å². The molecule has 6 heteroatoms. The SMILES string of the molecule is COC(=O)c1ccc(/C=N\N=C/c2ccc(C(=O)OC)cc2)cc1. The summed E-state index contributed by atoms with van der Waals surface area (Å²) >= 11 is 0. The number of methoxy groups -OCH3 is 2. The third-order valence-corrected chi connectivity index (χ3v) is 3.14. The second-order valence-electron chi connectivity index (χ2n) is 4.72. The van der Waals surface area contributed by atoms with Crippen molar-refractivity contribution < 1.29 is 19.1 Å². The zero-order valence-corrected chi connectivity index (χ0v) is 13.3.